The lowest BCUT2D eigenvalue weighted by atomic mass is 9.38. The lowest BCUT2D eigenvalue weighted by Crippen LogP contribution is -2.78. The van der Waals surface area contributed by atoms with Crippen molar-refractivity contribution in [1.29, 1.82) is 0 Å². The van der Waals surface area contributed by atoms with E-state index in [9.17, 15) is 26.4 Å². The molecular weight excluding hydrogens is 601 g/mol. The van der Waals surface area contributed by atoms with E-state index in [0.29, 0.717) is 43.8 Å². The number of aliphatic imine (C=N–C) groups is 1. The molecule has 8 rings (SSSR count). The van der Waals surface area contributed by atoms with Crippen LogP contribution < -0.4 is 5.32 Å². The summed E-state index contributed by atoms with van der Waals surface area (Å²) in [4.78, 5) is 20.4. The Bertz CT molecular complexity index is 1600. The summed E-state index contributed by atoms with van der Waals surface area (Å²) < 4.78 is 71.4. The van der Waals surface area contributed by atoms with Gasteiger partial charge in [-0.05, 0) is 74.8 Å². The summed E-state index contributed by atoms with van der Waals surface area (Å²) in [6.07, 6.45) is 1.23. The van der Waals surface area contributed by atoms with Gasteiger partial charge in [-0.3, -0.25) is 9.79 Å². The molecule has 5 fully saturated rings. The molecule has 0 aromatic heterocycles. The van der Waals surface area contributed by atoms with E-state index in [0.717, 1.165) is 0 Å². The molecule has 1 saturated heterocycles. The van der Waals surface area contributed by atoms with E-state index in [4.69, 9.17) is 16.6 Å². The van der Waals surface area contributed by atoms with E-state index < -0.39 is 38.9 Å². The molecule has 2 aliphatic heterocycles. The van der Waals surface area contributed by atoms with Crippen molar-refractivity contribution in [1.82, 2.24) is 14.5 Å². The number of sulfonamides is 1. The largest absolute Gasteiger partial charge is 0.366 e. The molecule has 230 valence electrons. The second kappa shape index (κ2) is 9.44. The fraction of sp³-hybridized carbons (Fsp3) is 0.548. The van der Waals surface area contributed by atoms with Crippen molar-refractivity contribution in [3.8, 4) is 0 Å². The number of rotatable bonds is 7. The molecule has 1 N–H and O–H groups in total. The number of carbonyl (C=O) groups excluding carboxylic acids is 1. The average molecular weight is 635 g/mol. The molecule has 4 aliphatic carbocycles. The lowest BCUT2D eigenvalue weighted by molar-refractivity contribution is -0.151. The smallest absolute Gasteiger partial charge is 0.249 e. The second-order valence-corrected chi connectivity index (χ2v) is 16.1. The number of nitrogens with one attached hydrogen (secondary N) is 1. The molecule has 12 heteroatoms. The van der Waals surface area contributed by atoms with Crippen LogP contribution in [0.15, 0.2) is 58.4 Å². The molecular formula is C31H34ClF3N4O3S. The number of hydrogen-bond acceptors (Lipinski definition) is 5. The fourth-order valence-corrected chi connectivity index (χ4v) is 10.1. The summed E-state index contributed by atoms with van der Waals surface area (Å²) in [5.74, 6) is -3.05. The van der Waals surface area contributed by atoms with Gasteiger partial charge in [0.2, 0.25) is 21.9 Å². The van der Waals surface area contributed by atoms with E-state index in [2.05, 4.69) is 5.32 Å². The Morgan fingerprint density at radius 3 is 2.30 bits per heavy atom. The van der Waals surface area contributed by atoms with Gasteiger partial charge in [-0.2, -0.15) is 4.31 Å². The summed E-state index contributed by atoms with van der Waals surface area (Å²) in [5, 5.41) is 3.44. The number of alkyl halides is 2. The molecule has 2 heterocycles. The normalized spacial score (nSPS) is 33.4. The first-order valence-electron chi connectivity index (χ1n) is 14.7. The van der Waals surface area contributed by atoms with Gasteiger partial charge in [0.1, 0.15) is 11.7 Å². The third kappa shape index (κ3) is 4.60. The van der Waals surface area contributed by atoms with Gasteiger partial charge in [-0.15, -0.1) is 0 Å². The van der Waals surface area contributed by atoms with Crippen molar-refractivity contribution in [3.63, 3.8) is 0 Å². The van der Waals surface area contributed by atoms with E-state index in [-0.39, 0.29) is 52.5 Å². The highest BCUT2D eigenvalue weighted by molar-refractivity contribution is 7.89. The number of hydrogen-bond donors (Lipinski definition) is 1. The van der Waals surface area contributed by atoms with Crippen LogP contribution in [0.1, 0.15) is 51.5 Å². The van der Waals surface area contributed by atoms with E-state index in [1.807, 2.05) is 13.8 Å². The fourth-order valence-electron chi connectivity index (χ4n) is 8.22. The third-order valence-corrected chi connectivity index (χ3v) is 12.6. The molecule has 2 aromatic rings. The molecule has 43 heavy (non-hydrogen) atoms. The molecule has 2 aromatic carbocycles. The number of amidine groups is 1. The maximum absolute atomic E-state index is 14.3. The van der Waals surface area contributed by atoms with Gasteiger partial charge in [-0.25, -0.2) is 21.6 Å². The number of amides is 1. The Labute approximate surface area is 254 Å². The van der Waals surface area contributed by atoms with Crippen LogP contribution in [0.25, 0.3) is 0 Å². The number of fused-ring (bicyclic) bond motifs is 1. The number of nitrogens with zero attached hydrogens (tertiary/aromatic N) is 3. The SMILES string of the molecule is CC1(C)NC(C23CC(N(Cc4ccc(Cl)c(F)c4)S(=O)(=O)c4ccccc4)(C2)C3)=N[C@H]1C(=O)N1CC2CC(F)(F)CC2C1. The first kappa shape index (κ1) is 29.1. The minimum absolute atomic E-state index is 0.00968. The van der Waals surface area contributed by atoms with Gasteiger partial charge in [0, 0.05) is 43.4 Å². The Morgan fingerprint density at radius 1 is 1.07 bits per heavy atom. The Hall–Kier alpha value is -2.63. The summed E-state index contributed by atoms with van der Waals surface area (Å²) >= 11 is 5.88. The molecule has 0 spiro atoms. The third-order valence-electron chi connectivity index (χ3n) is 10.3. The molecule has 3 atom stereocenters. The highest BCUT2D eigenvalue weighted by Gasteiger charge is 2.75. The van der Waals surface area contributed by atoms with Crippen LogP contribution in [0, 0.1) is 23.1 Å². The van der Waals surface area contributed by atoms with Crippen LogP contribution in [0.5, 0.6) is 0 Å². The van der Waals surface area contributed by atoms with Crippen molar-refractivity contribution >= 4 is 33.4 Å². The standard InChI is InChI=1S/C31H34ClF3N4O3S/c1-28(2)25(26(40)38-14-20-11-31(34,35)12-21(20)15-38)36-27(37-28)29-16-30(17-29,18-29)39(13-19-8-9-23(32)24(33)10-19)43(41,42)22-6-4-3-5-7-22/h3-10,20-21,25H,11-18H2,1-2H3,(H,36,37)/t20?,21?,25-,29?,30?/m0/s1. The second-order valence-electron chi connectivity index (χ2n) is 13.9. The zero-order valence-corrected chi connectivity index (χ0v) is 25.6. The maximum atomic E-state index is 14.3. The highest BCUT2D eigenvalue weighted by Crippen LogP contribution is 2.71. The van der Waals surface area contributed by atoms with Gasteiger partial charge in [0.25, 0.3) is 0 Å². The van der Waals surface area contributed by atoms with Crippen LogP contribution in [-0.4, -0.2) is 65.5 Å². The van der Waals surface area contributed by atoms with Crippen LogP contribution in [0.4, 0.5) is 13.2 Å². The van der Waals surface area contributed by atoms with E-state index in [1.54, 1.807) is 41.3 Å². The first-order valence-corrected chi connectivity index (χ1v) is 16.5. The quantitative estimate of drug-likeness (QED) is 0.452. The van der Waals surface area contributed by atoms with Crippen LogP contribution in [0.2, 0.25) is 5.02 Å². The van der Waals surface area contributed by atoms with Crippen LogP contribution in [-0.2, 0) is 21.4 Å². The minimum Gasteiger partial charge on any atom is -0.366 e. The maximum Gasteiger partial charge on any atom is 0.249 e. The summed E-state index contributed by atoms with van der Waals surface area (Å²) in [6, 6.07) is 11.9. The number of halogens is 4. The highest BCUT2D eigenvalue weighted by atomic mass is 35.5. The molecule has 2 unspecified atom stereocenters. The average Bonchev–Trinajstić information content (AvgIpc) is 3.51. The Morgan fingerprint density at radius 2 is 1.70 bits per heavy atom. The topological polar surface area (TPSA) is 82.1 Å². The predicted molar refractivity (Wildman–Crippen MR) is 156 cm³/mol. The summed E-state index contributed by atoms with van der Waals surface area (Å²) in [6.45, 7) is 4.49. The summed E-state index contributed by atoms with van der Waals surface area (Å²) in [5.41, 5.74) is -1.23. The van der Waals surface area contributed by atoms with E-state index in [1.165, 1.54) is 16.4 Å². The number of benzene rings is 2. The van der Waals surface area contributed by atoms with Gasteiger partial charge in [0.15, 0.2) is 6.04 Å². The van der Waals surface area contributed by atoms with Gasteiger partial charge in [-0.1, -0.05) is 35.9 Å². The van der Waals surface area contributed by atoms with Gasteiger partial charge < -0.3 is 10.2 Å². The molecule has 4 saturated carbocycles. The van der Waals surface area contributed by atoms with Crippen LogP contribution >= 0.6 is 11.6 Å². The zero-order valence-electron chi connectivity index (χ0n) is 24.0. The minimum atomic E-state index is -3.92. The summed E-state index contributed by atoms with van der Waals surface area (Å²) in [7, 11) is -3.92. The lowest BCUT2D eigenvalue weighted by Gasteiger charge is -2.73. The number of carbonyl (C=O) groups is 1. The van der Waals surface area contributed by atoms with Gasteiger partial charge >= 0.3 is 0 Å². The molecule has 7 nitrogen and oxygen atoms in total. The zero-order chi connectivity index (χ0) is 30.6. The number of likely N-dealkylation sites (tertiary alicyclic amines) is 1. The molecule has 2 bridgehead atoms. The molecule has 0 radical (unpaired) electrons. The Kier molecular flexibility index (Phi) is 6.39. The van der Waals surface area contributed by atoms with Crippen molar-refractivity contribution in [3.05, 3.63) is 64.9 Å². The first-order chi connectivity index (χ1) is 20.1. The van der Waals surface area contributed by atoms with Crippen LogP contribution in [0.3, 0.4) is 0 Å². The van der Waals surface area contributed by atoms with Gasteiger partial charge in [0.05, 0.1) is 15.5 Å². The van der Waals surface area contributed by atoms with Crippen molar-refractivity contribution in [2.75, 3.05) is 13.1 Å². The molecule has 6 aliphatic rings. The van der Waals surface area contributed by atoms with Crippen molar-refractivity contribution in [2.45, 2.75) is 80.4 Å². The monoisotopic (exact) mass is 634 g/mol. The Balaban J connectivity index is 1.11. The molecule has 1 amide bonds. The van der Waals surface area contributed by atoms with Crippen molar-refractivity contribution < 1.29 is 26.4 Å². The van der Waals surface area contributed by atoms with Crippen molar-refractivity contribution in [2.24, 2.45) is 22.2 Å². The predicted octanol–water partition coefficient (Wildman–Crippen LogP) is 5.25. The van der Waals surface area contributed by atoms with E-state index >= 15 is 0 Å².